The van der Waals surface area contributed by atoms with Crippen LogP contribution < -0.4 is 0 Å². The number of benzene rings is 1. The number of aryl methyl sites for hydroxylation is 1. The lowest BCUT2D eigenvalue weighted by Crippen LogP contribution is -2.39. The SMILES string of the molecule is CCCc1ccc(S(=O)(=O)N2CCC(O)CC2)cc1. The number of hydrogen-bond donors (Lipinski definition) is 1. The van der Waals surface area contributed by atoms with E-state index in [1.165, 1.54) is 4.31 Å². The van der Waals surface area contributed by atoms with Crippen molar-refractivity contribution in [3.8, 4) is 0 Å². The van der Waals surface area contributed by atoms with Gasteiger partial charge in [0, 0.05) is 13.1 Å². The first kappa shape index (κ1) is 14.5. The Kier molecular flexibility index (Phi) is 4.60. The summed E-state index contributed by atoms with van der Waals surface area (Å²) in [5.74, 6) is 0. The van der Waals surface area contributed by atoms with Crippen LogP contribution in [0, 0.1) is 0 Å². The third kappa shape index (κ3) is 3.35. The second-order valence-electron chi connectivity index (χ2n) is 5.03. The van der Waals surface area contributed by atoms with Crippen LogP contribution in [-0.4, -0.2) is 37.0 Å². The molecule has 5 heteroatoms. The largest absolute Gasteiger partial charge is 0.393 e. The van der Waals surface area contributed by atoms with Crippen LogP contribution in [0.1, 0.15) is 31.7 Å². The molecule has 1 saturated heterocycles. The number of aliphatic hydroxyl groups is 1. The maximum absolute atomic E-state index is 12.4. The molecule has 1 N–H and O–H groups in total. The smallest absolute Gasteiger partial charge is 0.243 e. The van der Waals surface area contributed by atoms with E-state index in [1.54, 1.807) is 12.1 Å². The van der Waals surface area contributed by atoms with Crippen molar-refractivity contribution in [1.29, 1.82) is 0 Å². The maximum atomic E-state index is 12.4. The third-order valence-corrected chi connectivity index (χ3v) is 5.44. The van der Waals surface area contributed by atoms with Crippen LogP contribution in [-0.2, 0) is 16.4 Å². The Bertz CT molecular complexity index is 502. The van der Waals surface area contributed by atoms with Crippen LogP contribution in [0.2, 0.25) is 0 Å². The first-order valence-electron chi connectivity index (χ1n) is 6.81. The molecule has 0 spiro atoms. The minimum absolute atomic E-state index is 0.351. The first-order valence-corrected chi connectivity index (χ1v) is 8.25. The maximum Gasteiger partial charge on any atom is 0.243 e. The van der Waals surface area contributed by atoms with Gasteiger partial charge in [0.1, 0.15) is 0 Å². The summed E-state index contributed by atoms with van der Waals surface area (Å²) in [5.41, 5.74) is 1.16. The van der Waals surface area contributed by atoms with Gasteiger partial charge in [0.15, 0.2) is 0 Å². The minimum Gasteiger partial charge on any atom is -0.393 e. The Morgan fingerprint density at radius 1 is 1.21 bits per heavy atom. The average molecular weight is 283 g/mol. The van der Waals surface area contributed by atoms with Crippen LogP contribution >= 0.6 is 0 Å². The van der Waals surface area contributed by atoms with Gasteiger partial charge in [-0.05, 0) is 37.0 Å². The summed E-state index contributed by atoms with van der Waals surface area (Å²) in [7, 11) is -3.39. The van der Waals surface area contributed by atoms with E-state index in [2.05, 4.69) is 6.92 Å². The summed E-state index contributed by atoms with van der Waals surface area (Å²) in [6.45, 7) is 2.91. The lowest BCUT2D eigenvalue weighted by atomic mass is 10.1. The molecule has 0 amide bonds. The van der Waals surface area contributed by atoms with Crippen molar-refractivity contribution in [1.82, 2.24) is 4.31 Å². The molecule has 0 aliphatic carbocycles. The monoisotopic (exact) mass is 283 g/mol. The van der Waals surface area contributed by atoms with Crippen molar-refractivity contribution >= 4 is 10.0 Å². The van der Waals surface area contributed by atoms with E-state index >= 15 is 0 Å². The van der Waals surface area contributed by atoms with Gasteiger partial charge in [0.2, 0.25) is 10.0 Å². The molecule has 1 aliphatic heterocycles. The summed E-state index contributed by atoms with van der Waals surface area (Å²) >= 11 is 0. The molecule has 0 atom stereocenters. The molecule has 1 aromatic carbocycles. The van der Waals surface area contributed by atoms with Crippen molar-refractivity contribution in [3.63, 3.8) is 0 Å². The standard InChI is InChI=1S/C14H21NO3S/c1-2-3-12-4-6-14(7-5-12)19(17,18)15-10-8-13(16)9-11-15/h4-7,13,16H,2-3,8-11H2,1H3. The third-order valence-electron chi connectivity index (χ3n) is 3.52. The quantitative estimate of drug-likeness (QED) is 0.916. The number of sulfonamides is 1. The Labute approximate surface area is 115 Å². The number of aliphatic hydroxyl groups excluding tert-OH is 1. The van der Waals surface area contributed by atoms with E-state index in [9.17, 15) is 13.5 Å². The fourth-order valence-electron chi connectivity index (χ4n) is 2.35. The molecule has 106 valence electrons. The molecule has 1 aliphatic rings. The molecule has 1 heterocycles. The number of hydrogen-bond acceptors (Lipinski definition) is 3. The van der Waals surface area contributed by atoms with Gasteiger partial charge in [-0.2, -0.15) is 4.31 Å². The van der Waals surface area contributed by atoms with Gasteiger partial charge in [0.25, 0.3) is 0 Å². The second-order valence-corrected chi connectivity index (χ2v) is 6.97. The Hall–Kier alpha value is -0.910. The highest BCUT2D eigenvalue weighted by Gasteiger charge is 2.28. The molecule has 0 radical (unpaired) electrons. The van der Waals surface area contributed by atoms with Gasteiger partial charge < -0.3 is 5.11 Å². The van der Waals surface area contributed by atoms with Gasteiger partial charge in [-0.1, -0.05) is 25.5 Å². The molecule has 0 saturated carbocycles. The summed E-state index contributed by atoms with van der Waals surface area (Å²) in [6, 6.07) is 7.14. The summed E-state index contributed by atoms with van der Waals surface area (Å²) in [4.78, 5) is 0.351. The van der Waals surface area contributed by atoms with Crippen LogP contribution in [0.15, 0.2) is 29.2 Å². The van der Waals surface area contributed by atoms with E-state index < -0.39 is 10.0 Å². The highest BCUT2D eigenvalue weighted by molar-refractivity contribution is 7.89. The molecular formula is C14H21NO3S. The van der Waals surface area contributed by atoms with Crippen LogP contribution in [0.25, 0.3) is 0 Å². The normalized spacial score (nSPS) is 18.6. The van der Waals surface area contributed by atoms with Crippen LogP contribution in [0.5, 0.6) is 0 Å². The summed E-state index contributed by atoms with van der Waals surface area (Å²) in [6.07, 6.45) is 2.70. The van der Waals surface area contributed by atoms with Crippen molar-refractivity contribution in [2.24, 2.45) is 0 Å². The van der Waals surface area contributed by atoms with Crippen LogP contribution in [0.3, 0.4) is 0 Å². The van der Waals surface area contributed by atoms with E-state index in [-0.39, 0.29) is 6.10 Å². The fourth-order valence-corrected chi connectivity index (χ4v) is 3.82. The van der Waals surface area contributed by atoms with Crippen molar-refractivity contribution in [2.75, 3.05) is 13.1 Å². The lowest BCUT2D eigenvalue weighted by Gasteiger charge is -2.28. The predicted octanol–water partition coefficient (Wildman–Crippen LogP) is 1.78. The van der Waals surface area contributed by atoms with Crippen LogP contribution in [0.4, 0.5) is 0 Å². The second kappa shape index (κ2) is 6.03. The number of piperidine rings is 1. The zero-order valence-corrected chi connectivity index (χ0v) is 12.1. The highest BCUT2D eigenvalue weighted by Crippen LogP contribution is 2.21. The minimum atomic E-state index is -3.39. The van der Waals surface area contributed by atoms with Crippen molar-refractivity contribution in [3.05, 3.63) is 29.8 Å². The van der Waals surface area contributed by atoms with E-state index in [0.717, 1.165) is 18.4 Å². The first-order chi connectivity index (χ1) is 9.04. The molecular weight excluding hydrogens is 262 g/mol. The topological polar surface area (TPSA) is 57.6 Å². The number of rotatable bonds is 4. The number of nitrogens with zero attached hydrogens (tertiary/aromatic N) is 1. The lowest BCUT2D eigenvalue weighted by molar-refractivity contribution is 0.113. The van der Waals surface area contributed by atoms with Gasteiger partial charge in [-0.25, -0.2) is 8.42 Å². The average Bonchev–Trinajstić information content (AvgIpc) is 2.40. The van der Waals surface area contributed by atoms with Gasteiger partial charge in [-0.15, -0.1) is 0 Å². The zero-order chi connectivity index (χ0) is 13.9. The molecule has 0 aromatic heterocycles. The Morgan fingerprint density at radius 2 is 1.79 bits per heavy atom. The van der Waals surface area contributed by atoms with Crippen molar-refractivity contribution < 1.29 is 13.5 Å². The molecule has 2 rings (SSSR count). The fraction of sp³-hybridized carbons (Fsp3) is 0.571. The van der Waals surface area contributed by atoms with Gasteiger partial charge >= 0.3 is 0 Å². The summed E-state index contributed by atoms with van der Waals surface area (Å²) in [5, 5.41) is 9.44. The zero-order valence-electron chi connectivity index (χ0n) is 11.2. The molecule has 19 heavy (non-hydrogen) atoms. The Balaban J connectivity index is 2.15. The Morgan fingerprint density at radius 3 is 2.32 bits per heavy atom. The summed E-state index contributed by atoms with van der Waals surface area (Å²) < 4.78 is 26.3. The van der Waals surface area contributed by atoms with E-state index in [4.69, 9.17) is 0 Å². The van der Waals surface area contributed by atoms with E-state index in [1.807, 2.05) is 12.1 Å². The molecule has 0 unspecified atom stereocenters. The molecule has 1 aromatic rings. The molecule has 1 fully saturated rings. The molecule has 0 bridgehead atoms. The molecule has 4 nitrogen and oxygen atoms in total. The van der Waals surface area contributed by atoms with Gasteiger partial charge in [0.05, 0.1) is 11.0 Å². The van der Waals surface area contributed by atoms with E-state index in [0.29, 0.717) is 30.8 Å². The predicted molar refractivity (Wildman–Crippen MR) is 74.4 cm³/mol. The van der Waals surface area contributed by atoms with Crippen molar-refractivity contribution in [2.45, 2.75) is 43.6 Å². The highest BCUT2D eigenvalue weighted by atomic mass is 32.2. The van der Waals surface area contributed by atoms with Gasteiger partial charge in [-0.3, -0.25) is 0 Å².